The van der Waals surface area contributed by atoms with Crippen molar-refractivity contribution in [3.63, 3.8) is 0 Å². The van der Waals surface area contributed by atoms with Crippen molar-refractivity contribution in [1.82, 2.24) is 0 Å². The lowest BCUT2D eigenvalue weighted by Crippen LogP contribution is -2.16. The molecular formula is C20H28O3. The molecule has 2 atom stereocenters. The number of allylic oxidation sites excluding steroid dienone is 1. The zero-order chi connectivity index (χ0) is 16.7. The Morgan fingerprint density at radius 1 is 1.30 bits per heavy atom. The van der Waals surface area contributed by atoms with Crippen molar-refractivity contribution in [2.45, 2.75) is 51.9 Å². The number of hydrogen-bond donors (Lipinski definition) is 0. The Morgan fingerprint density at radius 3 is 2.61 bits per heavy atom. The standard InChI is InChI=1S/C20H28O3/c1-4-5-15(2)14-23-20(21)18-8-6-16(7-9-18)17-10-12-19(22-3)13-11-17/h8,10-13,15-16H,4-7,9,14H2,1-3H3. The summed E-state index contributed by atoms with van der Waals surface area (Å²) in [6.07, 6.45) is 7.00. The van der Waals surface area contributed by atoms with Gasteiger partial charge in [0.2, 0.25) is 0 Å². The van der Waals surface area contributed by atoms with Gasteiger partial charge in [-0.25, -0.2) is 4.79 Å². The first-order valence-corrected chi connectivity index (χ1v) is 8.64. The minimum atomic E-state index is -0.124. The number of ether oxygens (including phenoxy) is 2. The molecule has 1 aromatic carbocycles. The lowest BCUT2D eigenvalue weighted by atomic mass is 9.84. The van der Waals surface area contributed by atoms with E-state index in [0.717, 1.165) is 43.4 Å². The van der Waals surface area contributed by atoms with Crippen molar-refractivity contribution in [2.75, 3.05) is 13.7 Å². The van der Waals surface area contributed by atoms with Gasteiger partial charge in [-0.05, 0) is 55.2 Å². The Kier molecular flexibility index (Phi) is 6.69. The van der Waals surface area contributed by atoms with Gasteiger partial charge >= 0.3 is 5.97 Å². The molecule has 0 spiro atoms. The molecule has 2 unspecified atom stereocenters. The fraction of sp³-hybridized carbons (Fsp3) is 0.550. The van der Waals surface area contributed by atoms with E-state index < -0.39 is 0 Å². The molecule has 1 aliphatic carbocycles. The largest absolute Gasteiger partial charge is 0.497 e. The van der Waals surface area contributed by atoms with E-state index in [2.05, 4.69) is 32.1 Å². The molecular weight excluding hydrogens is 288 g/mol. The van der Waals surface area contributed by atoms with Gasteiger partial charge in [0.15, 0.2) is 0 Å². The third-order valence-electron chi connectivity index (χ3n) is 4.54. The van der Waals surface area contributed by atoms with E-state index in [9.17, 15) is 4.79 Å². The average molecular weight is 316 g/mol. The van der Waals surface area contributed by atoms with Crippen LogP contribution in [0.4, 0.5) is 0 Å². The summed E-state index contributed by atoms with van der Waals surface area (Å²) in [5.41, 5.74) is 2.16. The van der Waals surface area contributed by atoms with E-state index in [4.69, 9.17) is 9.47 Å². The van der Waals surface area contributed by atoms with Gasteiger partial charge in [-0.2, -0.15) is 0 Å². The molecule has 1 aliphatic rings. The van der Waals surface area contributed by atoms with Crippen LogP contribution < -0.4 is 4.74 Å². The first kappa shape index (κ1) is 17.6. The van der Waals surface area contributed by atoms with Crippen LogP contribution in [0, 0.1) is 5.92 Å². The van der Waals surface area contributed by atoms with Gasteiger partial charge in [0.1, 0.15) is 5.75 Å². The molecule has 0 heterocycles. The van der Waals surface area contributed by atoms with Crippen LogP contribution in [0.25, 0.3) is 0 Å². The van der Waals surface area contributed by atoms with Crippen molar-refractivity contribution < 1.29 is 14.3 Å². The van der Waals surface area contributed by atoms with E-state index >= 15 is 0 Å². The monoisotopic (exact) mass is 316 g/mol. The summed E-state index contributed by atoms with van der Waals surface area (Å²) >= 11 is 0. The van der Waals surface area contributed by atoms with Crippen LogP contribution in [0.5, 0.6) is 5.75 Å². The SMILES string of the molecule is CCCC(C)COC(=O)C1=CCC(c2ccc(OC)cc2)CC1. The van der Waals surface area contributed by atoms with Gasteiger partial charge in [-0.1, -0.05) is 38.5 Å². The highest BCUT2D eigenvalue weighted by Crippen LogP contribution is 2.33. The molecule has 0 radical (unpaired) electrons. The topological polar surface area (TPSA) is 35.5 Å². The molecule has 2 rings (SSSR count). The highest BCUT2D eigenvalue weighted by atomic mass is 16.5. The second kappa shape index (κ2) is 8.76. The smallest absolute Gasteiger partial charge is 0.333 e. The molecule has 0 amide bonds. The Balaban J connectivity index is 1.86. The van der Waals surface area contributed by atoms with E-state index in [1.165, 1.54) is 5.56 Å². The van der Waals surface area contributed by atoms with E-state index in [1.807, 2.05) is 12.1 Å². The van der Waals surface area contributed by atoms with Gasteiger partial charge in [-0.15, -0.1) is 0 Å². The maximum Gasteiger partial charge on any atom is 0.333 e. The van der Waals surface area contributed by atoms with Crippen LogP contribution in [-0.4, -0.2) is 19.7 Å². The number of hydrogen-bond acceptors (Lipinski definition) is 3. The normalized spacial score (nSPS) is 18.9. The van der Waals surface area contributed by atoms with Crippen molar-refractivity contribution in [3.8, 4) is 5.75 Å². The first-order valence-electron chi connectivity index (χ1n) is 8.64. The van der Waals surface area contributed by atoms with Gasteiger partial charge in [0.25, 0.3) is 0 Å². The molecule has 1 aromatic rings. The molecule has 0 saturated heterocycles. The number of carbonyl (C=O) groups is 1. The summed E-state index contributed by atoms with van der Waals surface area (Å²) in [6, 6.07) is 8.23. The number of esters is 1. The number of carbonyl (C=O) groups excluding carboxylic acids is 1. The van der Waals surface area contributed by atoms with Gasteiger partial charge in [0.05, 0.1) is 13.7 Å². The van der Waals surface area contributed by atoms with Crippen LogP contribution in [0.1, 0.15) is 57.4 Å². The molecule has 0 saturated carbocycles. The summed E-state index contributed by atoms with van der Waals surface area (Å²) in [5.74, 6) is 1.68. The number of benzene rings is 1. The molecule has 3 heteroatoms. The fourth-order valence-electron chi connectivity index (χ4n) is 3.09. The van der Waals surface area contributed by atoms with E-state index in [-0.39, 0.29) is 5.97 Å². The zero-order valence-electron chi connectivity index (χ0n) is 14.5. The van der Waals surface area contributed by atoms with Crippen molar-refractivity contribution in [3.05, 3.63) is 41.5 Å². The van der Waals surface area contributed by atoms with Crippen LogP contribution >= 0.6 is 0 Å². The Bertz CT molecular complexity index is 530. The lowest BCUT2D eigenvalue weighted by Gasteiger charge is -2.22. The molecule has 23 heavy (non-hydrogen) atoms. The fourth-order valence-corrected chi connectivity index (χ4v) is 3.09. The second-order valence-electron chi connectivity index (χ2n) is 6.47. The van der Waals surface area contributed by atoms with Crippen LogP contribution in [0.15, 0.2) is 35.9 Å². The first-order chi connectivity index (χ1) is 11.1. The Hall–Kier alpha value is -1.77. The zero-order valence-corrected chi connectivity index (χ0v) is 14.5. The van der Waals surface area contributed by atoms with Crippen LogP contribution in [0.3, 0.4) is 0 Å². The summed E-state index contributed by atoms with van der Waals surface area (Å²) in [6.45, 7) is 4.82. The third kappa shape index (κ3) is 5.12. The molecule has 0 aliphatic heterocycles. The molecule has 126 valence electrons. The summed E-state index contributed by atoms with van der Waals surface area (Å²) < 4.78 is 10.6. The minimum absolute atomic E-state index is 0.124. The van der Waals surface area contributed by atoms with Gasteiger partial charge < -0.3 is 9.47 Å². The minimum Gasteiger partial charge on any atom is -0.497 e. The lowest BCUT2D eigenvalue weighted by molar-refractivity contribution is -0.140. The van der Waals surface area contributed by atoms with Crippen LogP contribution in [0.2, 0.25) is 0 Å². The summed E-state index contributed by atoms with van der Waals surface area (Å²) in [5, 5.41) is 0. The average Bonchev–Trinajstić information content (AvgIpc) is 2.60. The highest BCUT2D eigenvalue weighted by molar-refractivity contribution is 5.88. The maximum absolute atomic E-state index is 12.1. The highest BCUT2D eigenvalue weighted by Gasteiger charge is 2.21. The van der Waals surface area contributed by atoms with E-state index in [1.54, 1.807) is 7.11 Å². The predicted molar refractivity (Wildman–Crippen MR) is 92.7 cm³/mol. The third-order valence-corrected chi connectivity index (χ3v) is 4.54. The molecule has 0 fully saturated rings. The van der Waals surface area contributed by atoms with Crippen molar-refractivity contribution in [2.24, 2.45) is 5.92 Å². The number of rotatable bonds is 7. The predicted octanol–water partition coefficient (Wildman–Crippen LogP) is 4.87. The molecule has 0 N–H and O–H groups in total. The van der Waals surface area contributed by atoms with E-state index in [0.29, 0.717) is 18.4 Å². The number of methoxy groups -OCH3 is 1. The second-order valence-corrected chi connectivity index (χ2v) is 6.47. The molecule has 3 nitrogen and oxygen atoms in total. The summed E-state index contributed by atoms with van der Waals surface area (Å²) in [4.78, 5) is 12.1. The van der Waals surface area contributed by atoms with Crippen molar-refractivity contribution >= 4 is 5.97 Å². The Labute approximate surface area is 139 Å². The van der Waals surface area contributed by atoms with Crippen molar-refractivity contribution in [1.29, 1.82) is 0 Å². The summed E-state index contributed by atoms with van der Waals surface area (Å²) in [7, 11) is 1.68. The maximum atomic E-state index is 12.1. The molecule has 0 aromatic heterocycles. The van der Waals surface area contributed by atoms with Gasteiger partial charge in [-0.3, -0.25) is 0 Å². The van der Waals surface area contributed by atoms with Crippen LogP contribution in [-0.2, 0) is 9.53 Å². The van der Waals surface area contributed by atoms with Gasteiger partial charge in [0, 0.05) is 5.57 Å². The quantitative estimate of drug-likeness (QED) is 0.673. The molecule has 0 bridgehead atoms. The Morgan fingerprint density at radius 2 is 2.04 bits per heavy atom.